The van der Waals surface area contributed by atoms with Gasteiger partial charge in [0, 0.05) is 15.6 Å². The van der Waals surface area contributed by atoms with E-state index in [0.29, 0.717) is 15.6 Å². The lowest BCUT2D eigenvalue weighted by Crippen LogP contribution is -2.23. The summed E-state index contributed by atoms with van der Waals surface area (Å²) in [5, 5.41) is 18.4. The van der Waals surface area contributed by atoms with Gasteiger partial charge in [-0.1, -0.05) is 23.2 Å². The molecular weight excluding hydrogens is 267 g/mol. The Labute approximate surface area is 108 Å². The number of aliphatic hydroxyl groups excluding tert-OH is 1. The Morgan fingerprint density at radius 3 is 2.18 bits per heavy atom. The zero-order valence-electron chi connectivity index (χ0n) is 8.91. The van der Waals surface area contributed by atoms with Crippen LogP contribution in [0.1, 0.15) is 22.3 Å². The summed E-state index contributed by atoms with van der Waals surface area (Å²) < 4.78 is 0. The van der Waals surface area contributed by atoms with E-state index in [9.17, 15) is 14.7 Å². The molecule has 92 valence electrons. The molecular formula is C11H10Cl2O4. The minimum absolute atomic E-state index is 0.0966. The Balaban J connectivity index is 3.01. The standard InChI is InChI=1S/C11H10Cl2O4/c1-5-7(12)2-6(3-8(5)13)11(17)9(14)4-10(15)16/h2-3,9,14H,4H2,1H3,(H,15,16). The zero-order chi connectivity index (χ0) is 13.2. The second kappa shape index (κ2) is 5.49. The molecule has 0 aliphatic heterocycles. The number of benzene rings is 1. The van der Waals surface area contributed by atoms with Crippen molar-refractivity contribution in [3.63, 3.8) is 0 Å². The minimum atomic E-state index is -1.60. The van der Waals surface area contributed by atoms with Crippen molar-refractivity contribution in [3.05, 3.63) is 33.3 Å². The Morgan fingerprint density at radius 2 is 1.76 bits per heavy atom. The van der Waals surface area contributed by atoms with Crippen LogP contribution in [0, 0.1) is 6.92 Å². The highest BCUT2D eigenvalue weighted by molar-refractivity contribution is 6.36. The Hall–Kier alpha value is -1.10. The minimum Gasteiger partial charge on any atom is -0.481 e. The molecule has 4 nitrogen and oxygen atoms in total. The maximum Gasteiger partial charge on any atom is 0.306 e. The number of carbonyl (C=O) groups is 2. The van der Waals surface area contributed by atoms with Crippen LogP contribution in [0.3, 0.4) is 0 Å². The molecule has 1 aromatic carbocycles. The van der Waals surface area contributed by atoms with Crippen LogP contribution < -0.4 is 0 Å². The first-order valence-corrected chi connectivity index (χ1v) is 5.48. The van der Waals surface area contributed by atoms with Crippen LogP contribution in [0.4, 0.5) is 0 Å². The zero-order valence-corrected chi connectivity index (χ0v) is 10.4. The highest BCUT2D eigenvalue weighted by Crippen LogP contribution is 2.26. The highest BCUT2D eigenvalue weighted by atomic mass is 35.5. The van der Waals surface area contributed by atoms with Gasteiger partial charge in [0.2, 0.25) is 0 Å². The molecule has 0 aliphatic carbocycles. The number of rotatable bonds is 4. The monoisotopic (exact) mass is 276 g/mol. The molecule has 0 bridgehead atoms. The second-order valence-corrected chi connectivity index (χ2v) is 4.36. The normalized spacial score (nSPS) is 12.2. The molecule has 2 N–H and O–H groups in total. The van der Waals surface area contributed by atoms with Gasteiger partial charge in [-0.25, -0.2) is 0 Å². The predicted octanol–water partition coefficient (Wildman–Crippen LogP) is 2.32. The molecule has 0 aliphatic rings. The van der Waals surface area contributed by atoms with Crippen molar-refractivity contribution in [2.45, 2.75) is 19.4 Å². The molecule has 1 atom stereocenters. The number of carbonyl (C=O) groups excluding carboxylic acids is 1. The summed E-state index contributed by atoms with van der Waals surface area (Å²) in [4.78, 5) is 22.0. The molecule has 1 aromatic rings. The smallest absolute Gasteiger partial charge is 0.306 e. The molecule has 1 rings (SSSR count). The molecule has 6 heteroatoms. The van der Waals surface area contributed by atoms with Gasteiger partial charge in [0.05, 0.1) is 6.42 Å². The van der Waals surface area contributed by atoms with E-state index in [-0.39, 0.29) is 5.56 Å². The van der Waals surface area contributed by atoms with Gasteiger partial charge in [-0.05, 0) is 24.6 Å². The number of carboxylic acids is 1. The average Bonchev–Trinajstić information content (AvgIpc) is 2.23. The van der Waals surface area contributed by atoms with Crippen molar-refractivity contribution >= 4 is 35.0 Å². The van der Waals surface area contributed by atoms with E-state index >= 15 is 0 Å². The van der Waals surface area contributed by atoms with Gasteiger partial charge in [-0.2, -0.15) is 0 Å². The van der Waals surface area contributed by atoms with E-state index in [2.05, 4.69) is 0 Å². The van der Waals surface area contributed by atoms with Crippen LogP contribution in [0.2, 0.25) is 10.0 Å². The molecule has 0 spiro atoms. The summed E-state index contributed by atoms with van der Waals surface area (Å²) >= 11 is 11.7. The van der Waals surface area contributed by atoms with Crippen molar-refractivity contribution in [1.29, 1.82) is 0 Å². The summed E-state index contributed by atoms with van der Waals surface area (Å²) in [6.45, 7) is 1.69. The Morgan fingerprint density at radius 1 is 1.29 bits per heavy atom. The second-order valence-electron chi connectivity index (χ2n) is 3.54. The van der Waals surface area contributed by atoms with Crippen LogP contribution in [0.25, 0.3) is 0 Å². The molecule has 0 fully saturated rings. The number of ketones is 1. The number of hydrogen-bond acceptors (Lipinski definition) is 3. The fourth-order valence-electron chi connectivity index (χ4n) is 1.24. The molecule has 0 radical (unpaired) electrons. The first kappa shape index (κ1) is 14.0. The van der Waals surface area contributed by atoms with E-state index in [1.165, 1.54) is 12.1 Å². The van der Waals surface area contributed by atoms with Gasteiger partial charge in [-0.15, -0.1) is 0 Å². The number of aliphatic hydroxyl groups is 1. The van der Waals surface area contributed by atoms with Crippen molar-refractivity contribution in [2.75, 3.05) is 0 Å². The number of hydrogen-bond donors (Lipinski definition) is 2. The molecule has 0 heterocycles. The van der Waals surface area contributed by atoms with Crippen LogP contribution in [-0.2, 0) is 4.79 Å². The van der Waals surface area contributed by atoms with Crippen LogP contribution >= 0.6 is 23.2 Å². The van der Waals surface area contributed by atoms with Crippen molar-refractivity contribution in [2.24, 2.45) is 0 Å². The average molecular weight is 277 g/mol. The number of halogens is 2. The van der Waals surface area contributed by atoms with E-state index in [1.54, 1.807) is 6.92 Å². The molecule has 0 saturated heterocycles. The molecule has 0 saturated carbocycles. The molecule has 1 unspecified atom stereocenters. The van der Waals surface area contributed by atoms with Crippen molar-refractivity contribution in [1.82, 2.24) is 0 Å². The first-order chi connectivity index (χ1) is 7.82. The molecule has 17 heavy (non-hydrogen) atoms. The summed E-state index contributed by atoms with van der Waals surface area (Å²) in [7, 11) is 0. The fourth-order valence-corrected chi connectivity index (χ4v) is 1.73. The van der Waals surface area contributed by atoms with Crippen LogP contribution in [0.5, 0.6) is 0 Å². The topological polar surface area (TPSA) is 74.6 Å². The van der Waals surface area contributed by atoms with E-state index in [1.807, 2.05) is 0 Å². The van der Waals surface area contributed by atoms with Gasteiger partial charge >= 0.3 is 5.97 Å². The Kier molecular flexibility index (Phi) is 4.51. The molecule has 0 aromatic heterocycles. The third-order valence-electron chi connectivity index (χ3n) is 2.24. The van der Waals surface area contributed by atoms with Crippen LogP contribution in [0.15, 0.2) is 12.1 Å². The summed E-state index contributed by atoms with van der Waals surface area (Å²) in [5.41, 5.74) is 0.719. The lowest BCUT2D eigenvalue weighted by molar-refractivity contribution is -0.138. The fraction of sp³-hybridized carbons (Fsp3) is 0.273. The van der Waals surface area contributed by atoms with Crippen LogP contribution in [-0.4, -0.2) is 28.1 Å². The predicted molar refractivity (Wildman–Crippen MR) is 63.8 cm³/mol. The summed E-state index contributed by atoms with van der Waals surface area (Å²) in [5.74, 6) is -1.97. The lowest BCUT2D eigenvalue weighted by atomic mass is 10.0. The van der Waals surface area contributed by atoms with E-state index in [0.717, 1.165) is 0 Å². The lowest BCUT2D eigenvalue weighted by Gasteiger charge is -2.09. The summed E-state index contributed by atoms with van der Waals surface area (Å²) in [6, 6.07) is 2.71. The maximum absolute atomic E-state index is 11.7. The number of Topliss-reactive ketones (excluding diaryl/α,β-unsaturated/α-hetero) is 1. The summed E-state index contributed by atoms with van der Waals surface area (Å²) in [6.07, 6.45) is -2.25. The Bertz CT molecular complexity index is 448. The quantitative estimate of drug-likeness (QED) is 0.828. The molecule has 0 amide bonds. The van der Waals surface area contributed by atoms with Gasteiger partial charge in [-0.3, -0.25) is 9.59 Å². The third-order valence-corrected chi connectivity index (χ3v) is 3.02. The first-order valence-electron chi connectivity index (χ1n) is 4.72. The third kappa shape index (κ3) is 3.43. The van der Waals surface area contributed by atoms with Gasteiger partial charge in [0.25, 0.3) is 0 Å². The SMILES string of the molecule is Cc1c(Cl)cc(C(=O)C(O)CC(=O)O)cc1Cl. The van der Waals surface area contributed by atoms with Crippen molar-refractivity contribution in [3.8, 4) is 0 Å². The highest BCUT2D eigenvalue weighted by Gasteiger charge is 2.21. The van der Waals surface area contributed by atoms with Gasteiger partial charge < -0.3 is 10.2 Å². The largest absolute Gasteiger partial charge is 0.481 e. The number of aliphatic carboxylic acids is 1. The van der Waals surface area contributed by atoms with Gasteiger partial charge in [0.1, 0.15) is 6.10 Å². The van der Waals surface area contributed by atoms with E-state index < -0.39 is 24.3 Å². The van der Waals surface area contributed by atoms with E-state index in [4.69, 9.17) is 28.3 Å². The number of carboxylic acid groups (broad SMARTS) is 1. The van der Waals surface area contributed by atoms with Gasteiger partial charge in [0.15, 0.2) is 5.78 Å². The maximum atomic E-state index is 11.7. The van der Waals surface area contributed by atoms with Crippen molar-refractivity contribution < 1.29 is 19.8 Å².